The molecule has 0 amide bonds. The molecule has 0 radical (unpaired) electrons. The number of Topliss-reactive ketones (excluding diaryl/α,β-unsaturated/α-hetero) is 2. The van der Waals surface area contributed by atoms with E-state index in [1.54, 1.807) is 0 Å². The summed E-state index contributed by atoms with van der Waals surface area (Å²) < 4.78 is 0. The number of aliphatic carboxylic acids is 1. The molecule has 1 aromatic carbocycles. The highest BCUT2D eigenvalue weighted by Gasteiger charge is 2.23. The molecule has 2 aromatic rings. The van der Waals surface area contributed by atoms with Gasteiger partial charge in [0, 0.05) is 6.42 Å². The smallest absolute Gasteiger partial charge is 0.306 e. The van der Waals surface area contributed by atoms with E-state index < -0.39 is 5.97 Å². The normalized spacial score (nSPS) is 17.4. The lowest BCUT2D eigenvalue weighted by atomic mass is 9.85. The molecule has 2 aliphatic rings. The van der Waals surface area contributed by atoms with Crippen molar-refractivity contribution in [3.8, 4) is 11.1 Å². The number of hydrogen-bond acceptors (Lipinski definition) is 4. The molecule has 0 spiro atoms. The van der Waals surface area contributed by atoms with Crippen molar-refractivity contribution in [2.45, 2.75) is 70.6 Å². The van der Waals surface area contributed by atoms with Crippen LogP contribution in [0.4, 0.5) is 0 Å². The van der Waals surface area contributed by atoms with Crippen LogP contribution < -0.4 is 0 Å². The summed E-state index contributed by atoms with van der Waals surface area (Å²) in [6.07, 6.45) is 11.5. The van der Waals surface area contributed by atoms with E-state index in [0.717, 1.165) is 49.7 Å². The molecule has 0 aliphatic heterocycles. The number of carbonyl (C=O) groups excluding carboxylic acids is 2. The molecule has 0 unspecified atom stereocenters. The lowest BCUT2D eigenvalue weighted by molar-refractivity contribution is -0.142. The second-order valence-electron chi connectivity index (χ2n) is 8.70. The number of carbonyl (C=O) groups is 3. The highest BCUT2D eigenvalue weighted by atomic mass is 32.1. The minimum atomic E-state index is -0.602. The van der Waals surface area contributed by atoms with E-state index in [9.17, 15) is 14.4 Å². The Balaban J connectivity index is 0.000000254. The zero-order valence-corrected chi connectivity index (χ0v) is 18.9. The van der Waals surface area contributed by atoms with Crippen LogP contribution in [0.15, 0.2) is 41.8 Å². The first-order valence-electron chi connectivity index (χ1n) is 11.5. The highest BCUT2D eigenvalue weighted by molar-refractivity contribution is 7.13. The van der Waals surface area contributed by atoms with Crippen LogP contribution >= 0.6 is 11.3 Å². The summed E-state index contributed by atoms with van der Waals surface area (Å²) in [6.45, 7) is 0. The van der Waals surface area contributed by atoms with E-state index in [-0.39, 0.29) is 17.5 Å². The topological polar surface area (TPSA) is 71.4 Å². The fourth-order valence-electron chi connectivity index (χ4n) is 4.47. The molecule has 2 saturated carbocycles. The number of thiophene rings is 1. The van der Waals surface area contributed by atoms with E-state index >= 15 is 0 Å². The van der Waals surface area contributed by atoms with Crippen LogP contribution in [0.3, 0.4) is 0 Å². The maximum absolute atomic E-state index is 12.3. The van der Waals surface area contributed by atoms with Crippen molar-refractivity contribution < 1.29 is 19.5 Å². The maximum Gasteiger partial charge on any atom is 0.306 e. The molecule has 4 nitrogen and oxygen atoms in total. The third-order valence-corrected chi connectivity index (χ3v) is 7.27. The first kappa shape index (κ1) is 23.4. The van der Waals surface area contributed by atoms with Crippen LogP contribution in [0.5, 0.6) is 0 Å². The average molecular weight is 441 g/mol. The van der Waals surface area contributed by atoms with E-state index in [4.69, 9.17) is 5.11 Å². The van der Waals surface area contributed by atoms with E-state index in [1.807, 2.05) is 41.8 Å². The van der Waals surface area contributed by atoms with E-state index in [0.29, 0.717) is 17.2 Å². The van der Waals surface area contributed by atoms with Crippen LogP contribution in [0, 0.1) is 11.8 Å². The second-order valence-corrected chi connectivity index (χ2v) is 9.61. The quantitative estimate of drug-likeness (QED) is 0.396. The van der Waals surface area contributed by atoms with Gasteiger partial charge in [-0.25, -0.2) is 0 Å². The molecule has 1 aromatic heterocycles. The summed E-state index contributed by atoms with van der Waals surface area (Å²) >= 11 is 1.37. The fourth-order valence-corrected chi connectivity index (χ4v) is 5.34. The number of rotatable bonds is 6. The van der Waals surface area contributed by atoms with Crippen molar-refractivity contribution in [3.05, 3.63) is 46.7 Å². The lowest BCUT2D eigenvalue weighted by Gasteiger charge is -2.20. The third kappa shape index (κ3) is 7.13. The Hall–Kier alpha value is -2.27. The summed E-state index contributed by atoms with van der Waals surface area (Å²) in [5.41, 5.74) is 2.09. The number of ketones is 2. The number of carboxylic acid groups (broad SMARTS) is 1. The van der Waals surface area contributed by atoms with Gasteiger partial charge < -0.3 is 5.11 Å². The largest absolute Gasteiger partial charge is 0.481 e. The van der Waals surface area contributed by atoms with Gasteiger partial charge in [0.25, 0.3) is 0 Å². The Bertz CT molecular complexity index is 859. The summed E-state index contributed by atoms with van der Waals surface area (Å²) in [5, 5.41) is 10.5. The lowest BCUT2D eigenvalue weighted by Crippen LogP contribution is -2.18. The van der Waals surface area contributed by atoms with Gasteiger partial charge >= 0.3 is 5.97 Å². The number of hydrogen-bond donors (Lipinski definition) is 1. The highest BCUT2D eigenvalue weighted by Crippen LogP contribution is 2.29. The predicted octanol–water partition coefficient (Wildman–Crippen LogP) is 6.79. The van der Waals surface area contributed by atoms with Crippen molar-refractivity contribution >= 4 is 28.9 Å². The van der Waals surface area contributed by atoms with Crippen molar-refractivity contribution in [2.75, 3.05) is 0 Å². The van der Waals surface area contributed by atoms with E-state index in [1.165, 1.54) is 37.0 Å². The summed E-state index contributed by atoms with van der Waals surface area (Å²) in [6, 6.07) is 11.8. The molecule has 4 rings (SSSR count). The van der Waals surface area contributed by atoms with Crippen LogP contribution in [-0.4, -0.2) is 22.6 Å². The molecule has 1 heterocycles. The zero-order valence-electron chi connectivity index (χ0n) is 18.1. The molecule has 5 heteroatoms. The summed E-state index contributed by atoms with van der Waals surface area (Å²) in [4.78, 5) is 35.5. The van der Waals surface area contributed by atoms with Gasteiger partial charge in [0.1, 0.15) is 0 Å². The molecule has 2 fully saturated rings. The summed E-state index contributed by atoms with van der Waals surface area (Å²) in [7, 11) is 0. The Kier molecular flexibility index (Phi) is 9.01. The van der Waals surface area contributed by atoms with Gasteiger partial charge in [-0.2, -0.15) is 0 Å². The molecule has 2 aliphatic carbocycles. The molecule has 0 atom stereocenters. The Morgan fingerprint density at radius 2 is 1.45 bits per heavy atom. The van der Waals surface area contributed by atoms with Gasteiger partial charge in [0.2, 0.25) is 11.6 Å². The molecule has 31 heavy (non-hydrogen) atoms. The van der Waals surface area contributed by atoms with E-state index in [2.05, 4.69) is 0 Å². The van der Waals surface area contributed by atoms with Crippen molar-refractivity contribution in [2.24, 2.45) is 11.8 Å². The minimum Gasteiger partial charge on any atom is -0.481 e. The van der Waals surface area contributed by atoms with Crippen LogP contribution in [0.2, 0.25) is 0 Å². The van der Waals surface area contributed by atoms with Gasteiger partial charge in [-0.1, -0.05) is 81.7 Å². The number of benzene rings is 1. The first-order valence-corrected chi connectivity index (χ1v) is 12.4. The average Bonchev–Trinajstić information content (AvgIpc) is 3.31. The SMILES string of the molecule is O=C(CC1CCCCC1)C(=O)c1cc(-c2ccccc2)cs1.O=C(O)C1CCCCC1. The number of carboxylic acids is 1. The van der Waals surface area contributed by atoms with Gasteiger partial charge in [-0.15, -0.1) is 11.3 Å². The zero-order chi connectivity index (χ0) is 22.1. The Morgan fingerprint density at radius 1 is 0.839 bits per heavy atom. The molecular formula is C26H32O4S. The standard InChI is InChI=1S/C19H20O2S.C7H12O2/c20-17(11-14-7-3-1-4-8-14)19(21)18-12-16(13-22-18)15-9-5-2-6-10-15;8-7(9)6-4-2-1-3-5-6/h2,5-6,9-10,12-14H,1,3-4,7-8,11H2;6H,1-5H2,(H,8,9). The Labute approximate surface area is 188 Å². The van der Waals surface area contributed by atoms with Gasteiger partial charge in [-0.3, -0.25) is 14.4 Å². The van der Waals surface area contributed by atoms with Gasteiger partial charge in [-0.05, 0) is 41.3 Å². The van der Waals surface area contributed by atoms with Gasteiger partial charge in [0.15, 0.2) is 0 Å². The molecule has 0 bridgehead atoms. The minimum absolute atomic E-state index is 0.0289. The molecule has 0 saturated heterocycles. The van der Waals surface area contributed by atoms with Crippen LogP contribution in [0.1, 0.15) is 80.3 Å². The van der Waals surface area contributed by atoms with Crippen LogP contribution in [-0.2, 0) is 9.59 Å². The maximum atomic E-state index is 12.3. The van der Waals surface area contributed by atoms with Gasteiger partial charge in [0.05, 0.1) is 10.8 Å². The third-order valence-electron chi connectivity index (χ3n) is 6.34. The Morgan fingerprint density at radius 3 is 2.03 bits per heavy atom. The molecule has 166 valence electrons. The summed E-state index contributed by atoms with van der Waals surface area (Å²) in [5.74, 6) is -0.738. The van der Waals surface area contributed by atoms with Crippen molar-refractivity contribution in [1.82, 2.24) is 0 Å². The fraction of sp³-hybridized carbons (Fsp3) is 0.500. The molecule has 1 N–H and O–H groups in total. The first-order chi connectivity index (χ1) is 15.0. The monoisotopic (exact) mass is 440 g/mol. The molecular weight excluding hydrogens is 408 g/mol. The second kappa shape index (κ2) is 11.9. The van der Waals surface area contributed by atoms with Crippen molar-refractivity contribution in [3.63, 3.8) is 0 Å². The predicted molar refractivity (Wildman–Crippen MR) is 124 cm³/mol. The van der Waals surface area contributed by atoms with Crippen LogP contribution in [0.25, 0.3) is 11.1 Å². The van der Waals surface area contributed by atoms with Crippen molar-refractivity contribution in [1.29, 1.82) is 0 Å².